The zero-order valence-electron chi connectivity index (χ0n) is 13.4. The minimum absolute atomic E-state index is 0.192. The van der Waals surface area contributed by atoms with Gasteiger partial charge in [0.25, 0.3) is 11.8 Å². The number of hydrogen-bond donors (Lipinski definition) is 1. The molecule has 5 nitrogen and oxygen atoms in total. The Kier molecular flexibility index (Phi) is 5.70. The van der Waals surface area contributed by atoms with E-state index in [1.807, 2.05) is 0 Å². The molecule has 2 aromatic rings. The highest BCUT2D eigenvalue weighted by atomic mass is 35.5. The maximum Gasteiger partial charge on any atom is 0.259 e. The summed E-state index contributed by atoms with van der Waals surface area (Å²) < 4.78 is 5.17. The van der Waals surface area contributed by atoms with Crippen molar-refractivity contribution in [2.75, 3.05) is 26.5 Å². The Bertz CT molecular complexity index is 791. The summed E-state index contributed by atoms with van der Waals surface area (Å²) in [6, 6.07) is 9.41. The number of hydrogen-bond acceptors (Lipinski definition) is 3. The van der Waals surface area contributed by atoms with Gasteiger partial charge in [-0.25, -0.2) is 0 Å². The highest BCUT2D eigenvalue weighted by Crippen LogP contribution is 2.27. The van der Waals surface area contributed by atoms with Gasteiger partial charge in [-0.3, -0.25) is 9.59 Å². The largest absolute Gasteiger partial charge is 0.496 e. The lowest BCUT2D eigenvalue weighted by molar-refractivity contribution is 0.0827. The Morgan fingerprint density at radius 3 is 2.42 bits per heavy atom. The van der Waals surface area contributed by atoms with Gasteiger partial charge in [-0.2, -0.15) is 0 Å². The number of nitrogens with one attached hydrogen (secondary N) is 1. The van der Waals surface area contributed by atoms with E-state index in [4.69, 9.17) is 27.9 Å². The minimum atomic E-state index is -0.439. The minimum Gasteiger partial charge on any atom is -0.496 e. The molecular weight excluding hydrogens is 351 g/mol. The first kappa shape index (κ1) is 18.1. The second-order valence-corrected chi connectivity index (χ2v) is 6.04. The van der Waals surface area contributed by atoms with Crippen LogP contribution in [0.2, 0.25) is 10.0 Å². The summed E-state index contributed by atoms with van der Waals surface area (Å²) in [4.78, 5) is 26.0. The fourth-order valence-corrected chi connectivity index (χ4v) is 2.40. The summed E-state index contributed by atoms with van der Waals surface area (Å²) in [7, 11) is 4.75. The summed E-state index contributed by atoms with van der Waals surface area (Å²) >= 11 is 12.1. The van der Waals surface area contributed by atoms with Crippen LogP contribution in [-0.2, 0) is 0 Å². The van der Waals surface area contributed by atoms with Crippen LogP contribution >= 0.6 is 23.2 Å². The molecule has 0 atom stereocenters. The molecule has 0 aliphatic heterocycles. The van der Waals surface area contributed by atoms with Gasteiger partial charge in [-0.05, 0) is 36.4 Å². The number of benzene rings is 2. The zero-order chi connectivity index (χ0) is 17.9. The zero-order valence-corrected chi connectivity index (χ0v) is 14.9. The molecule has 0 saturated heterocycles. The van der Waals surface area contributed by atoms with Gasteiger partial charge in [0.05, 0.1) is 23.4 Å². The predicted octanol–water partition coefficient (Wildman–Crippen LogP) is 3.96. The van der Waals surface area contributed by atoms with E-state index in [1.54, 1.807) is 38.4 Å². The monoisotopic (exact) mass is 366 g/mol. The number of nitrogens with zero attached hydrogens (tertiary/aromatic N) is 1. The topological polar surface area (TPSA) is 58.6 Å². The molecule has 0 spiro atoms. The molecule has 0 aromatic heterocycles. The van der Waals surface area contributed by atoms with Crippen molar-refractivity contribution in [3.63, 3.8) is 0 Å². The number of halogens is 2. The number of amides is 2. The molecule has 2 rings (SSSR count). The number of rotatable bonds is 4. The molecule has 0 bridgehead atoms. The van der Waals surface area contributed by atoms with Crippen LogP contribution in [0.3, 0.4) is 0 Å². The standard InChI is InChI=1S/C17H16Cl2N2O3/c1-21(2)17(23)10-4-6-13(19)14(8-10)20-16(22)12-9-11(18)5-7-15(12)24-3/h4-9H,1-3H3,(H,20,22). The highest BCUT2D eigenvalue weighted by Gasteiger charge is 2.16. The molecule has 0 aliphatic rings. The molecule has 0 heterocycles. The van der Waals surface area contributed by atoms with E-state index in [-0.39, 0.29) is 11.5 Å². The smallest absolute Gasteiger partial charge is 0.259 e. The van der Waals surface area contributed by atoms with Crippen LogP contribution in [0.5, 0.6) is 5.75 Å². The highest BCUT2D eigenvalue weighted by molar-refractivity contribution is 6.34. The van der Waals surface area contributed by atoms with Gasteiger partial charge in [0.1, 0.15) is 5.75 Å². The van der Waals surface area contributed by atoms with E-state index in [1.165, 1.54) is 24.1 Å². The van der Waals surface area contributed by atoms with Crippen molar-refractivity contribution in [1.82, 2.24) is 4.90 Å². The second kappa shape index (κ2) is 7.55. The Hall–Kier alpha value is -2.24. The SMILES string of the molecule is COc1ccc(Cl)cc1C(=O)Nc1cc(C(=O)N(C)C)ccc1Cl. The normalized spacial score (nSPS) is 10.2. The lowest BCUT2D eigenvalue weighted by atomic mass is 10.1. The van der Waals surface area contributed by atoms with Crippen LogP contribution in [-0.4, -0.2) is 37.9 Å². The molecule has 0 radical (unpaired) electrons. The van der Waals surface area contributed by atoms with Gasteiger partial charge >= 0.3 is 0 Å². The maximum atomic E-state index is 12.5. The van der Waals surface area contributed by atoms with Gasteiger partial charge in [0.2, 0.25) is 0 Å². The van der Waals surface area contributed by atoms with Crippen molar-refractivity contribution < 1.29 is 14.3 Å². The fourth-order valence-electron chi connectivity index (χ4n) is 2.06. The second-order valence-electron chi connectivity index (χ2n) is 5.19. The number of anilines is 1. The molecule has 0 saturated carbocycles. The van der Waals surface area contributed by atoms with Crippen molar-refractivity contribution in [2.24, 2.45) is 0 Å². The third kappa shape index (κ3) is 3.99. The van der Waals surface area contributed by atoms with Crippen molar-refractivity contribution in [1.29, 1.82) is 0 Å². The first-order valence-electron chi connectivity index (χ1n) is 6.99. The van der Waals surface area contributed by atoms with Crippen molar-refractivity contribution in [3.05, 3.63) is 57.6 Å². The number of methoxy groups -OCH3 is 1. The molecule has 0 aliphatic carbocycles. The Morgan fingerprint density at radius 1 is 1.08 bits per heavy atom. The van der Waals surface area contributed by atoms with Crippen molar-refractivity contribution in [3.8, 4) is 5.75 Å². The average Bonchev–Trinajstić information content (AvgIpc) is 2.55. The van der Waals surface area contributed by atoms with E-state index in [9.17, 15) is 9.59 Å². The van der Waals surface area contributed by atoms with E-state index in [2.05, 4.69) is 5.32 Å². The van der Waals surface area contributed by atoms with E-state index >= 15 is 0 Å². The Morgan fingerprint density at radius 2 is 1.79 bits per heavy atom. The molecule has 126 valence electrons. The van der Waals surface area contributed by atoms with Gasteiger partial charge in [-0.15, -0.1) is 0 Å². The summed E-state index contributed by atoms with van der Waals surface area (Å²) in [6.07, 6.45) is 0. The van der Waals surface area contributed by atoms with Crippen LogP contribution in [0, 0.1) is 0 Å². The lowest BCUT2D eigenvalue weighted by Crippen LogP contribution is -2.22. The van der Waals surface area contributed by atoms with Crippen LogP contribution in [0.4, 0.5) is 5.69 Å². The maximum absolute atomic E-state index is 12.5. The summed E-state index contributed by atoms with van der Waals surface area (Å²) in [6.45, 7) is 0. The van der Waals surface area contributed by atoms with Crippen molar-refractivity contribution in [2.45, 2.75) is 0 Å². The molecule has 2 aromatic carbocycles. The summed E-state index contributed by atoms with van der Waals surface area (Å²) in [5, 5.41) is 3.41. The van der Waals surface area contributed by atoms with Crippen LogP contribution in [0.15, 0.2) is 36.4 Å². The number of ether oxygens (including phenoxy) is 1. The van der Waals surface area contributed by atoms with Gasteiger partial charge < -0.3 is 15.0 Å². The van der Waals surface area contributed by atoms with Crippen LogP contribution in [0.1, 0.15) is 20.7 Å². The van der Waals surface area contributed by atoms with Crippen LogP contribution < -0.4 is 10.1 Å². The molecule has 0 fully saturated rings. The number of carbonyl (C=O) groups is 2. The van der Waals surface area contributed by atoms with Crippen LogP contribution in [0.25, 0.3) is 0 Å². The van der Waals surface area contributed by atoms with Crippen molar-refractivity contribution >= 4 is 40.7 Å². The van der Waals surface area contributed by atoms with E-state index < -0.39 is 5.91 Å². The van der Waals surface area contributed by atoms with Gasteiger partial charge in [-0.1, -0.05) is 23.2 Å². The molecule has 1 N–H and O–H groups in total. The Balaban J connectivity index is 2.34. The third-order valence-corrected chi connectivity index (χ3v) is 3.84. The fraction of sp³-hybridized carbons (Fsp3) is 0.176. The van der Waals surface area contributed by atoms with E-state index in [0.717, 1.165) is 0 Å². The quantitative estimate of drug-likeness (QED) is 0.890. The molecule has 7 heteroatoms. The third-order valence-electron chi connectivity index (χ3n) is 3.27. The molecule has 24 heavy (non-hydrogen) atoms. The molecular formula is C17H16Cl2N2O3. The average molecular weight is 367 g/mol. The molecule has 2 amide bonds. The lowest BCUT2D eigenvalue weighted by Gasteiger charge is -2.14. The summed E-state index contributed by atoms with van der Waals surface area (Å²) in [5.41, 5.74) is 1.01. The number of carbonyl (C=O) groups excluding carboxylic acids is 2. The van der Waals surface area contributed by atoms with Gasteiger partial charge in [0, 0.05) is 24.7 Å². The summed E-state index contributed by atoms with van der Waals surface area (Å²) in [5.74, 6) is -0.248. The first-order valence-corrected chi connectivity index (χ1v) is 7.75. The Labute approximate surface area is 150 Å². The first-order chi connectivity index (χ1) is 11.3. The molecule has 0 unspecified atom stereocenters. The van der Waals surface area contributed by atoms with Gasteiger partial charge in [0.15, 0.2) is 0 Å². The van der Waals surface area contributed by atoms with E-state index in [0.29, 0.717) is 27.0 Å². The predicted molar refractivity (Wildman–Crippen MR) is 95.4 cm³/mol.